The van der Waals surface area contributed by atoms with Crippen molar-refractivity contribution in [1.29, 1.82) is 0 Å². The molecule has 4 nitrogen and oxygen atoms in total. The zero-order chi connectivity index (χ0) is 13.2. The Labute approximate surface area is 108 Å². The second kappa shape index (κ2) is 4.98. The fourth-order valence-corrected chi connectivity index (χ4v) is 1.88. The summed E-state index contributed by atoms with van der Waals surface area (Å²) in [5, 5.41) is 10.4. The number of hydrogen-bond donors (Lipinski definition) is 2. The summed E-state index contributed by atoms with van der Waals surface area (Å²) in [6, 6.07) is 10.1. The zero-order valence-corrected chi connectivity index (χ0v) is 11.0. The largest absolute Gasteiger partial charge is 0.384 e. The second-order valence-electron chi connectivity index (χ2n) is 5.16. The molecular weight excluding hydrogens is 226 g/mol. The molecule has 0 heterocycles. The molecule has 98 valence electrons. The molecule has 0 saturated heterocycles. The molecule has 1 aromatic carbocycles. The first-order chi connectivity index (χ1) is 8.50. The first-order valence-electron chi connectivity index (χ1n) is 6.31. The quantitative estimate of drug-likeness (QED) is 0.623. The smallest absolute Gasteiger partial charge is 0.191 e. The molecule has 4 heteroatoms. The highest BCUT2D eigenvalue weighted by molar-refractivity contribution is 5.78. The van der Waals surface area contributed by atoms with Gasteiger partial charge in [-0.3, -0.25) is 0 Å². The molecule has 2 rings (SSSR count). The van der Waals surface area contributed by atoms with E-state index in [2.05, 4.69) is 4.99 Å². The van der Waals surface area contributed by atoms with Crippen LogP contribution >= 0.6 is 0 Å². The van der Waals surface area contributed by atoms with Gasteiger partial charge in [-0.05, 0) is 25.3 Å². The van der Waals surface area contributed by atoms with Crippen LogP contribution in [0.2, 0.25) is 0 Å². The van der Waals surface area contributed by atoms with Gasteiger partial charge in [-0.1, -0.05) is 30.3 Å². The summed E-state index contributed by atoms with van der Waals surface area (Å²) in [5.74, 6) is 0.508. The van der Waals surface area contributed by atoms with E-state index in [4.69, 9.17) is 5.73 Å². The lowest BCUT2D eigenvalue weighted by Crippen LogP contribution is -2.37. The molecule has 0 aliphatic heterocycles. The first kappa shape index (κ1) is 12.9. The Morgan fingerprint density at radius 1 is 1.44 bits per heavy atom. The highest BCUT2D eigenvalue weighted by atomic mass is 16.3. The third-order valence-electron chi connectivity index (χ3n) is 3.40. The maximum atomic E-state index is 10.4. The van der Waals surface area contributed by atoms with E-state index in [1.165, 1.54) is 12.8 Å². The Kier molecular flexibility index (Phi) is 3.57. The lowest BCUT2D eigenvalue weighted by Gasteiger charge is -2.23. The van der Waals surface area contributed by atoms with Crippen LogP contribution in [0.3, 0.4) is 0 Å². The summed E-state index contributed by atoms with van der Waals surface area (Å²) in [6.45, 7) is 2.04. The normalized spacial score (nSPS) is 19.4. The zero-order valence-electron chi connectivity index (χ0n) is 11.0. The Bertz CT molecular complexity index is 424. The number of guanidine groups is 1. The molecule has 0 bridgehead atoms. The minimum atomic E-state index is -0.976. The standard InChI is InChI=1S/C14H21N3O/c1-14(18,11-6-4-3-5-7-11)10-16-13(15)17(2)12-8-9-12/h3-7,12,18H,8-10H2,1-2H3,(H2,15,16). The van der Waals surface area contributed by atoms with Gasteiger partial charge in [-0.15, -0.1) is 0 Å². The summed E-state index contributed by atoms with van der Waals surface area (Å²) in [6.07, 6.45) is 2.36. The van der Waals surface area contributed by atoms with Crippen LogP contribution in [0.1, 0.15) is 25.3 Å². The van der Waals surface area contributed by atoms with Gasteiger partial charge in [0.2, 0.25) is 0 Å². The van der Waals surface area contributed by atoms with Gasteiger partial charge in [0.25, 0.3) is 0 Å². The van der Waals surface area contributed by atoms with E-state index in [0.717, 1.165) is 5.56 Å². The average molecular weight is 247 g/mol. The second-order valence-corrected chi connectivity index (χ2v) is 5.16. The molecule has 0 spiro atoms. The van der Waals surface area contributed by atoms with Crippen molar-refractivity contribution in [3.05, 3.63) is 35.9 Å². The average Bonchev–Trinajstić information content (AvgIpc) is 3.20. The van der Waals surface area contributed by atoms with Gasteiger partial charge in [0.15, 0.2) is 5.96 Å². The van der Waals surface area contributed by atoms with E-state index < -0.39 is 5.60 Å². The van der Waals surface area contributed by atoms with Crippen molar-refractivity contribution in [3.63, 3.8) is 0 Å². The summed E-state index contributed by atoms with van der Waals surface area (Å²) >= 11 is 0. The van der Waals surface area contributed by atoms with Gasteiger partial charge in [-0.2, -0.15) is 0 Å². The molecule has 3 N–H and O–H groups in total. The molecule has 1 saturated carbocycles. The van der Waals surface area contributed by atoms with Crippen molar-refractivity contribution >= 4 is 5.96 Å². The number of nitrogens with zero attached hydrogens (tertiary/aromatic N) is 2. The number of hydrogen-bond acceptors (Lipinski definition) is 2. The van der Waals surface area contributed by atoms with Gasteiger partial charge >= 0.3 is 0 Å². The number of benzene rings is 1. The van der Waals surface area contributed by atoms with E-state index in [0.29, 0.717) is 12.0 Å². The lowest BCUT2D eigenvalue weighted by molar-refractivity contribution is 0.0671. The monoisotopic (exact) mass is 247 g/mol. The summed E-state index contributed by atoms with van der Waals surface area (Å²) in [5.41, 5.74) is 5.79. The molecule has 18 heavy (non-hydrogen) atoms. The van der Waals surface area contributed by atoms with E-state index in [9.17, 15) is 5.11 Å². The Hall–Kier alpha value is -1.55. The van der Waals surface area contributed by atoms with Crippen molar-refractivity contribution in [1.82, 2.24) is 4.90 Å². The topological polar surface area (TPSA) is 61.8 Å². The molecule has 0 radical (unpaired) electrons. The third-order valence-corrected chi connectivity index (χ3v) is 3.40. The van der Waals surface area contributed by atoms with Crippen LogP contribution < -0.4 is 5.73 Å². The molecule has 1 aliphatic carbocycles. The van der Waals surface area contributed by atoms with E-state index in [-0.39, 0.29) is 6.54 Å². The molecular formula is C14H21N3O. The van der Waals surface area contributed by atoms with Crippen molar-refractivity contribution < 1.29 is 5.11 Å². The number of nitrogens with two attached hydrogens (primary N) is 1. The lowest BCUT2D eigenvalue weighted by atomic mass is 9.96. The van der Waals surface area contributed by atoms with Crippen LogP contribution in [-0.4, -0.2) is 35.6 Å². The van der Waals surface area contributed by atoms with Crippen LogP contribution in [0.25, 0.3) is 0 Å². The predicted molar refractivity (Wildman–Crippen MR) is 73.3 cm³/mol. The van der Waals surface area contributed by atoms with Crippen LogP contribution in [-0.2, 0) is 5.60 Å². The first-order valence-corrected chi connectivity index (χ1v) is 6.31. The van der Waals surface area contributed by atoms with Gasteiger partial charge in [0.05, 0.1) is 6.54 Å². The number of aliphatic imine (C=N–C) groups is 1. The molecule has 1 atom stereocenters. The van der Waals surface area contributed by atoms with Crippen LogP contribution in [0.15, 0.2) is 35.3 Å². The molecule has 0 aromatic heterocycles. The third kappa shape index (κ3) is 3.01. The van der Waals surface area contributed by atoms with Gasteiger partial charge in [0.1, 0.15) is 5.60 Å². The predicted octanol–water partition coefficient (Wildman–Crippen LogP) is 1.30. The van der Waals surface area contributed by atoms with Crippen molar-refractivity contribution in [2.75, 3.05) is 13.6 Å². The van der Waals surface area contributed by atoms with Crippen molar-refractivity contribution in [3.8, 4) is 0 Å². The van der Waals surface area contributed by atoms with Gasteiger partial charge in [0, 0.05) is 13.1 Å². The van der Waals surface area contributed by atoms with Crippen molar-refractivity contribution in [2.24, 2.45) is 10.7 Å². The Morgan fingerprint density at radius 3 is 2.61 bits per heavy atom. The minimum Gasteiger partial charge on any atom is -0.384 e. The van der Waals surface area contributed by atoms with Crippen LogP contribution in [0.5, 0.6) is 0 Å². The molecule has 1 fully saturated rings. The highest BCUT2D eigenvalue weighted by Gasteiger charge is 2.28. The molecule has 0 amide bonds. The van der Waals surface area contributed by atoms with E-state index in [1.54, 1.807) is 6.92 Å². The maximum absolute atomic E-state index is 10.4. The Balaban J connectivity index is 2.01. The number of aliphatic hydroxyl groups is 1. The number of rotatable bonds is 4. The molecule has 1 aliphatic rings. The van der Waals surface area contributed by atoms with Crippen LogP contribution in [0.4, 0.5) is 0 Å². The van der Waals surface area contributed by atoms with Crippen molar-refractivity contribution in [2.45, 2.75) is 31.4 Å². The SMILES string of the molecule is CN(C(N)=NCC(C)(O)c1ccccc1)C1CC1. The summed E-state index contributed by atoms with van der Waals surface area (Å²) < 4.78 is 0. The summed E-state index contributed by atoms with van der Waals surface area (Å²) in [7, 11) is 1.95. The molecule has 1 unspecified atom stereocenters. The van der Waals surface area contributed by atoms with E-state index >= 15 is 0 Å². The minimum absolute atomic E-state index is 0.278. The molecule has 1 aromatic rings. The van der Waals surface area contributed by atoms with Gasteiger partial charge < -0.3 is 15.7 Å². The highest BCUT2D eigenvalue weighted by Crippen LogP contribution is 2.25. The van der Waals surface area contributed by atoms with E-state index in [1.807, 2.05) is 42.3 Å². The fraction of sp³-hybridized carbons (Fsp3) is 0.500. The maximum Gasteiger partial charge on any atom is 0.191 e. The van der Waals surface area contributed by atoms with Gasteiger partial charge in [-0.25, -0.2) is 4.99 Å². The summed E-state index contributed by atoms with van der Waals surface area (Å²) in [4.78, 5) is 6.29. The fourth-order valence-electron chi connectivity index (χ4n) is 1.88. The Morgan fingerprint density at radius 2 is 2.06 bits per heavy atom. The van der Waals surface area contributed by atoms with Crippen LogP contribution in [0, 0.1) is 0 Å².